The van der Waals surface area contributed by atoms with Crippen molar-refractivity contribution in [1.29, 1.82) is 0 Å². The van der Waals surface area contributed by atoms with Crippen molar-refractivity contribution in [3.8, 4) is 0 Å². The number of fused-ring (bicyclic) bond motifs is 1. The fourth-order valence-corrected chi connectivity index (χ4v) is 8.25. The summed E-state index contributed by atoms with van der Waals surface area (Å²) in [6.45, 7) is 6.42. The molecule has 14 heteroatoms. The summed E-state index contributed by atoms with van der Waals surface area (Å²) in [5.74, 6) is -0.705. The highest BCUT2D eigenvalue weighted by atomic mass is 31.2. The minimum absolute atomic E-state index is 0.136. The van der Waals surface area contributed by atoms with Crippen molar-refractivity contribution < 1.29 is 37.1 Å². The summed E-state index contributed by atoms with van der Waals surface area (Å²) in [4.78, 5) is 43.1. The third-order valence-corrected chi connectivity index (χ3v) is 11.6. The van der Waals surface area contributed by atoms with Crippen molar-refractivity contribution in [3.63, 3.8) is 0 Å². The van der Waals surface area contributed by atoms with Gasteiger partial charge in [-0.3, -0.25) is 9.36 Å². The lowest BCUT2D eigenvalue weighted by molar-refractivity contribution is -0.137. The standard InChI is InChI=1S/C33H41F3N5O5P/c1-5-32(6-2,47(43,44)45)21-10-12-22(13-11-21)38-31-37-18-26(33(34,35)36)29(40-31)39-27-17-16-24(25-19-41(4)30(42)28(25)27)20-8-14-23(15-9-20)46-7-3/h10-13,16-18,20,23H,5-9,14-15,19H2,1-4H3,(H2,43,44,45)(H2,37,38,39,40)/t20-,23-. The minimum atomic E-state index is -4.78. The van der Waals surface area contributed by atoms with Crippen molar-refractivity contribution in [1.82, 2.24) is 14.9 Å². The fraction of sp³-hybridized carbons (Fsp3) is 0.485. The molecule has 0 saturated heterocycles. The molecule has 0 bridgehead atoms. The van der Waals surface area contributed by atoms with Gasteiger partial charge in [0.05, 0.1) is 22.5 Å². The molecular weight excluding hydrogens is 634 g/mol. The third kappa shape index (κ3) is 6.90. The zero-order chi connectivity index (χ0) is 34.1. The van der Waals surface area contributed by atoms with Gasteiger partial charge in [0.2, 0.25) is 5.95 Å². The predicted molar refractivity (Wildman–Crippen MR) is 173 cm³/mol. The number of anilines is 4. The number of aromatic nitrogens is 2. The number of benzene rings is 2. The van der Waals surface area contributed by atoms with Crippen molar-refractivity contribution in [2.24, 2.45) is 0 Å². The lowest BCUT2D eigenvalue weighted by atomic mass is 9.80. The van der Waals surface area contributed by atoms with Crippen LogP contribution in [0.4, 0.5) is 36.3 Å². The number of carbonyl (C=O) groups is 1. The van der Waals surface area contributed by atoms with Gasteiger partial charge in [0, 0.05) is 32.1 Å². The highest BCUT2D eigenvalue weighted by molar-refractivity contribution is 7.53. The van der Waals surface area contributed by atoms with Crippen LogP contribution in [0.25, 0.3) is 0 Å². The summed E-state index contributed by atoms with van der Waals surface area (Å²) in [6, 6.07) is 9.85. The SMILES string of the molecule is CCO[C@H]1CC[C@H](c2ccc(Nc3nc(Nc4ccc(C(CC)(CC)P(=O)(O)O)cc4)ncc3C(F)(F)F)c3c2CN(C)C3=O)CC1. The van der Waals surface area contributed by atoms with Crippen molar-refractivity contribution >= 4 is 36.6 Å². The number of hydrogen-bond acceptors (Lipinski definition) is 7. The van der Waals surface area contributed by atoms with E-state index in [9.17, 15) is 32.3 Å². The molecule has 4 N–H and O–H groups in total. The molecule has 47 heavy (non-hydrogen) atoms. The molecule has 1 aliphatic carbocycles. The molecule has 1 saturated carbocycles. The Bertz CT molecular complexity index is 1650. The van der Waals surface area contributed by atoms with E-state index in [1.54, 1.807) is 56.1 Å². The molecule has 2 aliphatic rings. The average molecular weight is 676 g/mol. The van der Waals surface area contributed by atoms with Gasteiger partial charge in [-0.1, -0.05) is 32.0 Å². The van der Waals surface area contributed by atoms with Crippen LogP contribution in [0.15, 0.2) is 42.6 Å². The molecule has 1 aromatic heterocycles. The second kappa shape index (κ2) is 13.5. The van der Waals surface area contributed by atoms with Crippen LogP contribution in [0.5, 0.6) is 0 Å². The van der Waals surface area contributed by atoms with Gasteiger partial charge in [-0.05, 0) is 86.3 Å². The van der Waals surface area contributed by atoms with Gasteiger partial charge < -0.3 is 30.1 Å². The Hall–Kier alpha value is -3.51. The van der Waals surface area contributed by atoms with E-state index in [4.69, 9.17) is 4.74 Å². The van der Waals surface area contributed by atoms with E-state index < -0.39 is 30.3 Å². The number of alkyl halides is 3. The molecule has 3 aromatic rings. The van der Waals surface area contributed by atoms with E-state index in [1.807, 2.05) is 13.0 Å². The molecule has 5 rings (SSSR count). The molecule has 0 unspecified atom stereocenters. The lowest BCUT2D eigenvalue weighted by Crippen LogP contribution is -2.24. The Morgan fingerprint density at radius 3 is 2.23 bits per heavy atom. The Kier molecular flexibility index (Phi) is 10.0. The van der Waals surface area contributed by atoms with Crippen molar-refractivity contribution in [2.75, 3.05) is 24.3 Å². The van der Waals surface area contributed by atoms with E-state index in [1.165, 1.54) is 0 Å². The molecule has 2 aromatic carbocycles. The first-order valence-corrected chi connectivity index (χ1v) is 17.5. The van der Waals surface area contributed by atoms with Crippen LogP contribution in [0.2, 0.25) is 0 Å². The smallest absolute Gasteiger partial charge is 0.379 e. The van der Waals surface area contributed by atoms with Crippen LogP contribution in [-0.2, 0) is 27.2 Å². The van der Waals surface area contributed by atoms with Crippen LogP contribution in [0.1, 0.15) is 97.8 Å². The zero-order valence-electron chi connectivity index (χ0n) is 26.9. The second-order valence-electron chi connectivity index (χ2n) is 12.2. The van der Waals surface area contributed by atoms with E-state index >= 15 is 0 Å². The second-order valence-corrected chi connectivity index (χ2v) is 14.2. The van der Waals surface area contributed by atoms with Gasteiger partial charge in [0.15, 0.2) is 0 Å². The number of rotatable bonds is 11. The molecule has 1 amide bonds. The average Bonchev–Trinajstić information content (AvgIpc) is 3.32. The maximum Gasteiger partial charge on any atom is 0.421 e. The van der Waals surface area contributed by atoms with Gasteiger partial charge >= 0.3 is 13.8 Å². The van der Waals surface area contributed by atoms with Crippen LogP contribution < -0.4 is 10.6 Å². The Balaban J connectivity index is 1.45. The third-order valence-electron chi connectivity index (χ3n) is 9.57. The molecule has 10 nitrogen and oxygen atoms in total. The summed E-state index contributed by atoms with van der Waals surface area (Å²) < 4.78 is 60.6. The quantitative estimate of drug-likeness (QED) is 0.150. The fourth-order valence-electron chi connectivity index (χ4n) is 6.94. The number of hydrogen-bond donors (Lipinski definition) is 4. The van der Waals surface area contributed by atoms with Gasteiger partial charge in [-0.25, -0.2) is 4.98 Å². The summed E-state index contributed by atoms with van der Waals surface area (Å²) in [5, 5.41) is 4.34. The Labute approximate surface area is 272 Å². The van der Waals surface area contributed by atoms with Gasteiger partial charge in [0.1, 0.15) is 11.4 Å². The molecule has 254 valence electrons. The largest absolute Gasteiger partial charge is 0.421 e. The summed E-state index contributed by atoms with van der Waals surface area (Å²) in [5.41, 5.74) is 2.19. The maximum atomic E-state index is 14.1. The van der Waals surface area contributed by atoms with Crippen LogP contribution in [-0.4, -0.2) is 50.3 Å². The molecular formula is C33H41F3N5O5P. The lowest BCUT2D eigenvalue weighted by Gasteiger charge is -2.33. The Morgan fingerprint density at radius 1 is 1.00 bits per heavy atom. The van der Waals surface area contributed by atoms with E-state index in [-0.39, 0.29) is 42.4 Å². The molecule has 0 atom stereocenters. The molecule has 0 spiro atoms. The highest BCUT2D eigenvalue weighted by Gasteiger charge is 2.45. The van der Waals surface area contributed by atoms with E-state index in [0.717, 1.165) is 36.8 Å². The molecule has 0 radical (unpaired) electrons. The minimum Gasteiger partial charge on any atom is -0.379 e. The van der Waals surface area contributed by atoms with Crippen LogP contribution in [0.3, 0.4) is 0 Å². The maximum absolute atomic E-state index is 14.1. The van der Waals surface area contributed by atoms with Crippen LogP contribution >= 0.6 is 7.60 Å². The summed E-state index contributed by atoms with van der Waals surface area (Å²) in [7, 11) is -2.82. The number of amides is 1. The summed E-state index contributed by atoms with van der Waals surface area (Å²) >= 11 is 0. The van der Waals surface area contributed by atoms with Gasteiger partial charge in [-0.2, -0.15) is 18.2 Å². The number of ether oxygens (including phenoxy) is 1. The first-order chi connectivity index (χ1) is 22.2. The number of nitrogens with zero attached hydrogens (tertiary/aromatic N) is 3. The molecule has 1 fully saturated rings. The first-order valence-electron chi connectivity index (χ1n) is 15.9. The normalized spacial score (nSPS) is 18.7. The number of nitrogens with one attached hydrogen (secondary N) is 2. The monoisotopic (exact) mass is 675 g/mol. The van der Waals surface area contributed by atoms with Crippen molar-refractivity contribution in [2.45, 2.75) is 89.2 Å². The van der Waals surface area contributed by atoms with Gasteiger partial charge in [-0.15, -0.1) is 0 Å². The molecule has 1 aliphatic heterocycles. The van der Waals surface area contributed by atoms with E-state index in [2.05, 4.69) is 20.6 Å². The number of carbonyl (C=O) groups excluding carboxylic acids is 1. The summed E-state index contributed by atoms with van der Waals surface area (Å²) in [6.07, 6.45) is 0.176. The zero-order valence-corrected chi connectivity index (χ0v) is 27.8. The van der Waals surface area contributed by atoms with Crippen molar-refractivity contribution in [3.05, 3.63) is 70.4 Å². The number of halogens is 3. The van der Waals surface area contributed by atoms with Crippen LogP contribution in [0, 0.1) is 0 Å². The molecule has 2 heterocycles. The first kappa shape index (κ1) is 34.8. The highest BCUT2D eigenvalue weighted by Crippen LogP contribution is 2.61. The van der Waals surface area contributed by atoms with Gasteiger partial charge in [0.25, 0.3) is 5.91 Å². The Morgan fingerprint density at radius 2 is 1.66 bits per heavy atom. The topological polar surface area (TPSA) is 137 Å². The predicted octanol–water partition coefficient (Wildman–Crippen LogP) is 7.82. The van der Waals surface area contributed by atoms with E-state index in [0.29, 0.717) is 36.2 Å².